The Labute approximate surface area is 148 Å². The molecule has 1 atom stereocenters. The zero-order chi connectivity index (χ0) is 17.7. The van der Waals surface area contributed by atoms with E-state index in [1.807, 2.05) is 30.3 Å². The second-order valence-electron chi connectivity index (χ2n) is 5.94. The molecular formula is C18H21N3O3S. The molecule has 1 saturated heterocycles. The summed E-state index contributed by atoms with van der Waals surface area (Å²) in [6, 6.07) is 11.1. The normalized spacial score (nSPS) is 19.2. The van der Waals surface area contributed by atoms with Crippen LogP contribution >= 0.6 is 0 Å². The molecule has 2 aromatic rings. The van der Waals surface area contributed by atoms with Gasteiger partial charge >= 0.3 is 0 Å². The molecule has 1 aromatic carbocycles. The molecule has 0 spiro atoms. The van der Waals surface area contributed by atoms with Gasteiger partial charge in [-0.2, -0.15) is 9.29 Å². The van der Waals surface area contributed by atoms with E-state index in [-0.39, 0.29) is 6.10 Å². The first-order chi connectivity index (χ1) is 12.0. The van der Waals surface area contributed by atoms with Crippen LogP contribution in [0, 0.1) is 6.92 Å². The Morgan fingerprint density at radius 2 is 2.04 bits per heavy atom. The Hall–Kier alpha value is -2.25. The summed E-state index contributed by atoms with van der Waals surface area (Å²) in [5, 5.41) is 1.26. The van der Waals surface area contributed by atoms with E-state index in [1.165, 1.54) is 9.71 Å². The molecule has 0 saturated carbocycles. The molecule has 6 nitrogen and oxygen atoms in total. The van der Waals surface area contributed by atoms with Gasteiger partial charge in [0.1, 0.15) is 11.9 Å². The van der Waals surface area contributed by atoms with Crippen molar-refractivity contribution in [2.24, 2.45) is 0 Å². The topological polar surface area (TPSA) is 72.4 Å². The predicted molar refractivity (Wildman–Crippen MR) is 96.4 cm³/mol. The fraction of sp³-hybridized carbons (Fsp3) is 0.333. The highest BCUT2D eigenvalue weighted by Gasteiger charge is 2.28. The number of rotatable bonds is 5. The molecule has 7 heteroatoms. The van der Waals surface area contributed by atoms with Crippen LogP contribution in [-0.2, 0) is 10.0 Å². The van der Waals surface area contributed by atoms with Crippen LogP contribution < -0.4 is 4.74 Å². The second-order valence-corrected chi connectivity index (χ2v) is 7.76. The molecule has 25 heavy (non-hydrogen) atoms. The molecule has 0 radical (unpaired) electrons. The Kier molecular flexibility index (Phi) is 5.45. The number of ether oxygens (including phenoxy) is 1. The molecule has 1 aliphatic heterocycles. The summed E-state index contributed by atoms with van der Waals surface area (Å²) in [4.78, 5) is 8.25. The highest BCUT2D eigenvalue weighted by molar-refractivity contribution is 7.92. The minimum atomic E-state index is -3.47. The molecular weight excluding hydrogens is 338 g/mol. The zero-order valence-corrected chi connectivity index (χ0v) is 14.9. The number of piperidine rings is 1. The maximum atomic E-state index is 12.6. The number of aryl methyl sites for hydroxylation is 1. The first-order valence-corrected chi connectivity index (χ1v) is 9.73. The first-order valence-electron chi connectivity index (χ1n) is 8.22. The van der Waals surface area contributed by atoms with Crippen molar-refractivity contribution >= 4 is 16.1 Å². The van der Waals surface area contributed by atoms with Crippen LogP contribution in [-0.4, -0.2) is 41.9 Å². The smallest absolute Gasteiger partial charge is 0.236 e. The average Bonchev–Trinajstić information content (AvgIpc) is 2.61. The van der Waals surface area contributed by atoms with Crippen LogP contribution in [0.3, 0.4) is 0 Å². The van der Waals surface area contributed by atoms with Crippen molar-refractivity contribution in [1.29, 1.82) is 0 Å². The summed E-state index contributed by atoms with van der Waals surface area (Å²) in [5.41, 5.74) is 0.854. The molecule has 0 aliphatic carbocycles. The zero-order valence-electron chi connectivity index (χ0n) is 14.1. The number of sulfonamides is 1. The van der Waals surface area contributed by atoms with Gasteiger partial charge in [-0.1, -0.05) is 30.3 Å². The maximum absolute atomic E-state index is 12.6. The van der Waals surface area contributed by atoms with Crippen molar-refractivity contribution in [3.8, 4) is 5.88 Å². The number of aromatic nitrogens is 2. The summed E-state index contributed by atoms with van der Waals surface area (Å²) in [6.45, 7) is 2.62. The third-order valence-corrected chi connectivity index (χ3v) is 5.50. The van der Waals surface area contributed by atoms with E-state index in [1.54, 1.807) is 25.3 Å². The van der Waals surface area contributed by atoms with Gasteiger partial charge in [-0.05, 0) is 31.4 Å². The Balaban J connectivity index is 1.66. The quantitative estimate of drug-likeness (QED) is 0.821. The first kappa shape index (κ1) is 17.6. The number of hydrogen-bond donors (Lipinski definition) is 0. The lowest BCUT2D eigenvalue weighted by molar-refractivity contribution is 0.125. The van der Waals surface area contributed by atoms with Crippen molar-refractivity contribution in [1.82, 2.24) is 14.3 Å². The minimum Gasteiger partial charge on any atom is -0.473 e. The van der Waals surface area contributed by atoms with Gasteiger partial charge in [0.25, 0.3) is 0 Å². The number of benzene rings is 1. The minimum absolute atomic E-state index is 0.206. The van der Waals surface area contributed by atoms with Gasteiger partial charge < -0.3 is 4.74 Å². The van der Waals surface area contributed by atoms with E-state index in [0.29, 0.717) is 24.8 Å². The van der Waals surface area contributed by atoms with E-state index in [2.05, 4.69) is 9.97 Å². The third-order valence-electron chi connectivity index (χ3n) is 3.97. The summed E-state index contributed by atoms with van der Waals surface area (Å²) in [7, 11) is -3.47. The number of hydrogen-bond acceptors (Lipinski definition) is 5. The molecule has 1 aliphatic rings. The van der Waals surface area contributed by atoms with Gasteiger partial charge in [0.05, 0.1) is 6.54 Å². The van der Waals surface area contributed by atoms with E-state index in [0.717, 1.165) is 18.4 Å². The van der Waals surface area contributed by atoms with Gasteiger partial charge in [-0.25, -0.2) is 13.4 Å². The van der Waals surface area contributed by atoms with Gasteiger partial charge in [0.15, 0.2) is 0 Å². The average molecular weight is 359 g/mol. The van der Waals surface area contributed by atoms with Crippen molar-refractivity contribution in [2.45, 2.75) is 25.9 Å². The highest BCUT2D eigenvalue weighted by atomic mass is 32.2. The van der Waals surface area contributed by atoms with E-state index in [4.69, 9.17) is 4.74 Å². The maximum Gasteiger partial charge on any atom is 0.236 e. The lowest BCUT2D eigenvalue weighted by atomic mass is 10.1. The van der Waals surface area contributed by atoms with Gasteiger partial charge in [-0.3, -0.25) is 0 Å². The van der Waals surface area contributed by atoms with Crippen molar-refractivity contribution < 1.29 is 13.2 Å². The van der Waals surface area contributed by atoms with Crippen molar-refractivity contribution in [3.05, 3.63) is 59.4 Å². The van der Waals surface area contributed by atoms with E-state index < -0.39 is 10.0 Å². The fourth-order valence-corrected chi connectivity index (χ4v) is 3.98. The Morgan fingerprint density at radius 1 is 1.24 bits per heavy atom. The molecule has 132 valence electrons. The Morgan fingerprint density at radius 3 is 2.80 bits per heavy atom. The largest absolute Gasteiger partial charge is 0.473 e. The highest BCUT2D eigenvalue weighted by Crippen LogP contribution is 2.20. The summed E-state index contributed by atoms with van der Waals surface area (Å²) >= 11 is 0. The molecule has 2 heterocycles. The van der Waals surface area contributed by atoms with Gasteiger partial charge in [0, 0.05) is 24.2 Å². The third kappa shape index (κ3) is 4.87. The summed E-state index contributed by atoms with van der Waals surface area (Å²) in [5.74, 6) is 1.11. The molecule has 1 aromatic heterocycles. The van der Waals surface area contributed by atoms with Gasteiger partial charge in [0.2, 0.25) is 15.9 Å². The summed E-state index contributed by atoms with van der Waals surface area (Å²) in [6.07, 6.45) is 4.61. The van der Waals surface area contributed by atoms with Crippen molar-refractivity contribution in [3.63, 3.8) is 0 Å². The Bertz CT molecular complexity index is 838. The van der Waals surface area contributed by atoms with Crippen LogP contribution in [0.4, 0.5) is 0 Å². The molecule has 0 amide bonds. The second kappa shape index (κ2) is 7.76. The molecule has 0 N–H and O–H groups in total. The fourth-order valence-electron chi connectivity index (χ4n) is 2.72. The predicted octanol–water partition coefficient (Wildman–Crippen LogP) is 2.63. The van der Waals surface area contributed by atoms with E-state index in [9.17, 15) is 8.42 Å². The van der Waals surface area contributed by atoms with E-state index >= 15 is 0 Å². The SMILES string of the molecule is Cc1nccc(OC2CCCN(S(=O)(=O)/C=C/c3ccccc3)C2)n1. The molecule has 0 bridgehead atoms. The monoisotopic (exact) mass is 359 g/mol. The molecule has 1 unspecified atom stereocenters. The van der Waals surface area contributed by atoms with Crippen LogP contribution in [0.25, 0.3) is 6.08 Å². The number of nitrogens with zero attached hydrogens (tertiary/aromatic N) is 3. The molecule has 3 rings (SSSR count). The lowest BCUT2D eigenvalue weighted by Crippen LogP contribution is -2.43. The van der Waals surface area contributed by atoms with Crippen LogP contribution in [0.5, 0.6) is 5.88 Å². The van der Waals surface area contributed by atoms with Gasteiger partial charge in [-0.15, -0.1) is 0 Å². The summed E-state index contributed by atoms with van der Waals surface area (Å²) < 4.78 is 32.4. The van der Waals surface area contributed by atoms with Crippen LogP contribution in [0.1, 0.15) is 24.2 Å². The van der Waals surface area contributed by atoms with Crippen molar-refractivity contribution in [2.75, 3.05) is 13.1 Å². The standard InChI is InChI=1S/C18H21N3O3S/c1-15-19-11-9-18(20-15)24-17-8-5-12-21(14-17)25(22,23)13-10-16-6-3-2-4-7-16/h2-4,6-7,9-11,13,17H,5,8,12,14H2,1H3/b13-10+. The van der Waals surface area contributed by atoms with Crippen LogP contribution in [0.2, 0.25) is 0 Å². The molecule has 1 fully saturated rings. The van der Waals surface area contributed by atoms with Crippen LogP contribution in [0.15, 0.2) is 48.0 Å². The lowest BCUT2D eigenvalue weighted by Gasteiger charge is -2.30.